The minimum absolute atomic E-state index is 0.489. The number of halogens is 1. The van der Waals surface area contributed by atoms with Crippen LogP contribution in [-0.2, 0) is 6.42 Å². The monoisotopic (exact) mass is 384 g/mol. The summed E-state index contributed by atoms with van der Waals surface area (Å²) in [4.78, 5) is 8.72. The predicted octanol–water partition coefficient (Wildman–Crippen LogP) is 4.55. The first-order valence-electron chi connectivity index (χ1n) is 8.48. The first-order valence-corrected chi connectivity index (χ1v) is 8.86. The van der Waals surface area contributed by atoms with Gasteiger partial charge in [0.15, 0.2) is 0 Å². The van der Waals surface area contributed by atoms with E-state index in [9.17, 15) is 0 Å². The first-order chi connectivity index (χ1) is 13.2. The normalized spacial score (nSPS) is 10.3. The summed E-state index contributed by atoms with van der Waals surface area (Å²) in [5, 5.41) is 6.97. The van der Waals surface area contributed by atoms with E-state index in [-0.39, 0.29) is 0 Å². The number of hydrogen-bond acceptors (Lipinski definition) is 6. The number of hydrogen-bond donors (Lipinski definition) is 2. The second kappa shape index (κ2) is 9.09. The lowest BCUT2D eigenvalue weighted by atomic mass is 10.1. The van der Waals surface area contributed by atoms with Gasteiger partial charge < -0.3 is 20.1 Å². The van der Waals surface area contributed by atoms with Crippen molar-refractivity contribution >= 4 is 29.1 Å². The van der Waals surface area contributed by atoms with Gasteiger partial charge in [-0.25, -0.2) is 4.98 Å². The average Bonchev–Trinajstić information content (AvgIpc) is 2.69. The predicted molar refractivity (Wildman–Crippen MR) is 109 cm³/mol. The zero-order valence-corrected chi connectivity index (χ0v) is 16.0. The van der Waals surface area contributed by atoms with Crippen molar-refractivity contribution in [2.75, 3.05) is 31.4 Å². The lowest BCUT2D eigenvalue weighted by Gasteiger charge is -2.10. The van der Waals surface area contributed by atoms with Crippen molar-refractivity contribution in [1.29, 1.82) is 0 Å². The van der Waals surface area contributed by atoms with Crippen molar-refractivity contribution in [3.63, 3.8) is 0 Å². The van der Waals surface area contributed by atoms with E-state index >= 15 is 0 Å². The summed E-state index contributed by atoms with van der Waals surface area (Å²) in [5.41, 5.74) is 1.98. The highest BCUT2D eigenvalue weighted by atomic mass is 35.5. The molecule has 27 heavy (non-hydrogen) atoms. The molecule has 0 saturated carbocycles. The summed E-state index contributed by atoms with van der Waals surface area (Å²) in [6.45, 7) is 0.748. The minimum Gasteiger partial charge on any atom is -0.497 e. The second-order valence-corrected chi connectivity index (χ2v) is 6.18. The van der Waals surface area contributed by atoms with E-state index < -0.39 is 0 Å². The number of rotatable bonds is 8. The Morgan fingerprint density at radius 2 is 1.93 bits per heavy atom. The largest absolute Gasteiger partial charge is 0.497 e. The van der Waals surface area contributed by atoms with E-state index in [2.05, 4.69) is 26.7 Å². The van der Waals surface area contributed by atoms with Crippen LogP contribution in [0.5, 0.6) is 11.5 Å². The Hall–Kier alpha value is -2.99. The van der Waals surface area contributed by atoms with Gasteiger partial charge in [0.1, 0.15) is 17.3 Å². The summed E-state index contributed by atoms with van der Waals surface area (Å²) in [7, 11) is 3.25. The highest BCUT2D eigenvalue weighted by Crippen LogP contribution is 2.28. The zero-order chi connectivity index (χ0) is 19.1. The van der Waals surface area contributed by atoms with Crippen molar-refractivity contribution in [2.24, 2.45) is 0 Å². The Labute approximate surface area is 163 Å². The first kappa shape index (κ1) is 18.8. The maximum atomic E-state index is 6.15. The lowest BCUT2D eigenvalue weighted by molar-refractivity contribution is 0.414. The molecule has 7 heteroatoms. The van der Waals surface area contributed by atoms with Gasteiger partial charge in [-0.05, 0) is 48.4 Å². The molecular formula is C20H21ClN4O2. The fourth-order valence-electron chi connectivity index (χ4n) is 2.55. The maximum absolute atomic E-state index is 6.15. The molecule has 3 aromatic rings. The number of nitrogens with zero attached hydrogens (tertiary/aromatic N) is 2. The van der Waals surface area contributed by atoms with Gasteiger partial charge in [0, 0.05) is 18.4 Å². The molecule has 0 radical (unpaired) electrons. The van der Waals surface area contributed by atoms with E-state index in [0.29, 0.717) is 16.7 Å². The Morgan fingerprint density at radius 1 is 1.04 bits per heavy atom. The van der Waals surface area contributed by atoms with Crippen LogP contribution in [-0.4, -0.2) is 30.7 Å². The van der Waals surface area contributed by atoms with E-state index in [0.717, 1.165) is 30.2 Å². The molecule has 0 bridgehead atoms. The minimum atomic E-state index is 0.489. The van der Waals surface area contributed by atoms with Gasteiger partial charge in [0.05, 0.1) is 19.2 Å². The van der Waals surface area contributed by atoms with Gasteiger partial charge in [-0.3, -0.25) is 0 Å². The standard InChI is InChI=1S/C20H21ClN4O2/c1-26-16-5-3-4-14(12-16)8-10-22-19-9-11-23-20(25-19)24-15-6-7-18(27-2)17(21)13-15/h3-7,9,11-13H,8,10H2,1-2H3,(H2,22,23,24,25). The van der Waals surface area contributed by atoms with Crippen molar-refractivity contribution in [2.45, 2.75) is 6.42 Å². The van der Waals surface area contributed by atoms with Crippen LogP contribution in [0.25, 0.3) is 0 Å². The SMILES string of the molecule is COc1cccc(CCNc2ccnc(Nc3ccc(OC)c(Cl)c3)n2)c1. The Kier molecular flexibility index (Phi) is 6.33. The molecule has 2 aromatic carbocycles. The number of ether oxygens (including phenoxy) is 2. The molecule has 1 aromatic heterocycles. The molecule has 3 rings (SSSR count). The third kappa shape index (κ3) is 5.24. The maximum Gasteiger partial charge on any atom is 0.229 e. The summed E-state index contributed by atoms with van der Waals surface area (Å²) < 4.78 is 10.4. The molecule has 0 spiro atoms. The van der Waals surface area contributed by atoms with Crippen LogP contribution in [0.15, 0.2) is 54.7 Å². The van der Waals surface area contributed by atoms with Crippen LogP contribution in [0.4, 0.5) is 17.5 Å². The molecule has 0 aliphatic carbocycles. The smallest absolute Gasteiger partial charge is 0.229 e. The van der Waals surface area contributed by atoms with E-state index in [1.807, 2.05) is 30.3 Å². The summed E-state index contributed by atoms with van der Waals surface area (Å²) in [5.74, 6) is 2.72. The molecule has 6 nitrogen and oxygen atoms in total. The molecular weight excluding hydrogens is 364 g/mol. The van der Waals surface area contributed by atoms with Gasteiger partial charge in [-0.1, -0.05) is 23.7 Å². The molecule has 0 fully saturated rings. The van der Waals surface area contributed by atoms with Gasteiger partial charge in [-0.2, -0.15) is 4.98 Å². The summed E-state index contributed by atoms with van der Waals surface area (Å²) >= 11 is 6.15. The number of benzene rings is 2. The fourth-order valence-corrected chi connectivity index (χ4v) is 2.81. The zero-order valence-electron chi connectivity index (χ0n) is 15.2. The van der Waals surface area contributed by atoms with Crippen LogP contribution >= 0.6 is 11.6 Å². The quantitative estimate of drug-likeness (QED) is 0.594. The van der Waals surface area contributed by atoms with Gasteiger partial charge >= 0.3 is 0 Å². The molecule has 0 unspecified atom stereocenters. The Bertz CT molecular complexity index is 905. The fraction of sp³-hybridized carbons (Fsp3) is 0.200. The van der Waals surface area contributed by atoms with Gasteiger partial charge in [0.2, 0.25) is 5.95 Å². The lowest BCUT2D eigenvalue weighted by Crippen LogP contribution is -2.08. The number of anilines is 3. The Balaban J connectivity index is 1.59. The molecule has 0 amide bonds. The highest BCUT2D eigenvalue weighted by Gasteiger charge is 2.04. The van der Waals surface area contributed by atoms with Crippen LogP contribution < -0.4 is 20.1 Å². The van der Waals surface area contributed by atoms with Gasteiger partial charge in [0.25, 0.3) is 0 Å². The van der Waals surface area contributed by atoms with Crippen LogP contribution in [0, 0.1) is 0 Å². The third-order valence-electron chi connectivity index (χ3n) is 3.92. The van der Waals surface area contributed by atoms with E-state index in [1.165, 1.54) is 5.56 Å². The van der Waals surface area contributed by atoms with Crippen molar-refractivity contribution < 1.29 is 9.47 Å². The topological polar surface area (TPSA) is 68.3 Å². The molecule has 0 aliphatic rings. The average molecular weight is 385 g/mol. The van der Waals surface area contributed by atoms with E-state index in [1.54, 1.807) is 32.5 Å². The van der Waals surface area contributed by atoms with Crippen LogP contribution in [0.2, 0.25) is 5.02 Å². The molecule has 0 aliphatic heterocycles. The van der Waals surface area contributed by atoms with Crippen LogP contribution in [0.3, 0.4) is 0 Å². The van der Waals surface area contributed by atoms with E-state index in [4.69, 9.17) is 21.1 Å². The van der Waals surface area contributed by atoms with Crippen molar-refractivity contribution in [3.8, 4) is 11.5 Å². The van der Waals surface area contributed by atoms with Crippen molar-refractivity contribution in [1.82, 2.24) is 9.97 Å². The number of nitrogens with one attached hydrogen (secondary N) is 2. The molecule has 0 saturated heterocycles. The Morgan fingerprint density at radius 3 is 2.70 bits per heavy atom. The van der Waals surface area contributed by atoms with Gasteiger partial charge in [-0.15, -0.1) is 0 Å². The highest BCUT2D eigenvalue weighted by molar-refractivity contribution is 6.32. The van der Waals surface area contributed by atoms with Crippen LogP contribution in [0.1, 0.15) is 5.56 Å². The summed E-state index contributed by atoms with van der Waals surface area (Å²) in [6, 6.07) is 15.3. The summed E-state index contributed by atoms with van der Waals surface area (Å²) in [6.07, 6.45) is 2.56. The van der Waals surface area contributed by atoms with Crippen molar-refractivity contribution in [3.05, 3.63) is 65.3 Å². The molecule has 2 N–H and O–H groups in total. The molecule has 1 heterocycles. The number of aromatic nitrogens is 2. The molecule has 0 atom stereocenters. The second-order valence-electron chi connectivity index (χ2n) is 5.77. The third-order valence-corrected chi connectivity index (χ3v) is 4.21. The number of methoxy groups -OCH3 is 2. The molecule has 140 valence electrons.